The van der Waals surface area contributed by atoms with E-state index >= 15 is 0 Å². The maximum atomic E-state index is 11.8. The summed E-state index contributed by atoms with van der Waals surface area (Å²) in [5.41, 5.74) is 3.22. The van der Waals surface area contributed by atoms with E-state index in [2.05, 4.69) is 37.5 Å². The molecule has 0 radical (unpaired) electrons. The molecule has 1 N–H and O–H groups in total. The van der Waals surface area contributed by atoms with Crippen molar-refractivity contribution in [3.05, 3.63) is 144 Å². The maximum absolute atomic E-state index is 11.8. The van der Waals surface area contributed by atoms with Gasteiger partial charge in [0.2, 0.25) is 6.10 Å². The summed E-state index contributed by atoms with van der Waals surface area (Å²) in [6.45, 7) is 0.0718. The van der Waals surface area contributed by atoms with Gasteiger partial charge in [-0.05, 0) is 16.7 Å². The molecule has 0 bridgehead atoms. The fourth-order valence-electron chi connectivity index (χ4n) is 3.28. The van der Waals surface area contributed by atoms with Crippen LogP contribution in [-0.4, -0.2) is 37.4 Å². The Morgan fingerprint density at radius 3 is 1.50 bits per heavy atom. The van der Waals surface area contributed by atoms with Gasteiger partial charge in [0, 0.05) is 10.9 Å². The van der Waals surface area contributed by atoms with Crippen molar-refractivity contribution < 1.29 is 38.4 Å². The molecule has 0 heterocycles. The highest BCUT2D eigenvalue weighted by atomic mass is 79.9. The summed E-state index contributed by atoms with van der Waals surface area (Å²) in [5, 5.41) is 10.3. The SMILES string of the molecule is BrCc1ccccc1.COC(=O)[C@@H](O)c1ccccc1.COC(=O)[C@@H](OC(=O)OCc1ccccc1)c1ccccc1. The number of carbonyl (C=O) groups is 3. The number of methoxy groups -OCH3 is 2. The summed E-state index contributed by atoms with van der Waals surface area (Å²) in [5.74, 6) is -1.30. The molecule has 0 aliphatic rings. The van der Waals surface area contributed by atoms with Crippen LogP contribution in [0.2, 0.25) is 0 Å². The summed E-state index contributed by atoms with van der Waals surface area (Å²) in [7, 11) is 2.48. The molecule has 2 atom stereocenters. The van der Waals surface area contributed by atoms with Crippen molar-refractivity contribution in [2.24, 2.45) is 0 Å². The van der Waals surface area contributed by atoms with Gasteiger partial charge >= 0.3 is 18.1 Å². The second-order valence-corrected chi connectivity index (χ2v) is 8.97. The number of rotatable bonds is 8. The molecule has 0 saturated heterocycles. The van der Waals surface area contributed by atoms with E-state index in [1.54, 1.807) is 54.6 Å². The first-order valence-corrected chi connectivity index (χ1v) is 13.9. The van der Waals surface area contributed by atoms with Gasteiger partial charge in [0.15, 0.2) is 6.10 Å². The van der Waals surface area contributed by atoms with Gasteiger partial charge < -0.3 is 24.1 Å². The molecule has 0 aliphatic heterocycles. The van der Waals surface area contributed by atoms with Crippen LogP contribution in [-0.2, 0) is 40.5 Å². The molecule has 8 nitrogen and oxygen atoms in total. The number of aliphatic hydroxyl groups excluding tert-OH is 1. The minimum atomic E-state index is -1.17. The van der Waals surface area contributed by atoms with Crippen molar-refractivity contribution in [1.82, 2.24) is 0 Å². The molecule has 9 heteroatoms. The van der Waals surface area contributed by atoms with Gasteiger partial charge in [-0.25, -0.2) is 14.4 Å². The van der Waals surface area contributed by atoms with Gasteiger partial charge in [-0.2, -0.15) is 0 Å². The number of alkyl halides is 1. The molecular weight excluding hydrogens is 604 g/mol. The topological polar surface area (TPSA) is 108 Å². The highest BCUT2D eigenvalue weighted by molar-refractivity contribution is 9.08. The summed E-state index contributed by atoms with van der Waals surface area (Å²) < 4.78 is 19.1. The highest BCUT2D eigenvalue weighted by Gasteiger charge is 2.26. The Morgan fingerprint density at radius 1 is 0.643 bits per heavy atom. The van der Waals surface area contributed by atoms with E-state index in [4.69, 9.17) is 9.47 Å². The molecule has 0 aliphatic carbocycles. The fourth-order valence-corrected chi connectivity index (χ4v) is 3.66. The number of aliphatic hydroxyl groups is 1. The zero-order valence-electron chi connectivity index (χ0n) is 23.3. The second kappa shape index (κ2) is 19.6. The van der Waals surface area contributed by atoms with E-state index in [-0.39, 0.29) is 6.61 Å². The standard InChI is InChI=1S/C17H16O5.C9H10O3.C7H7Br/c1-20-16(18)15(14-10-6-3-7-11-14)22-17(19)21-12-13-8-4-2-5-9-13;1-12-9(11)8(10)7-5-3-2-4-6-7;8-6-7-4-2-1-3-5-7/h2-11,15H,12H2,1H3;2-6,8,10H,1H3;1-5H,6H2/t15-;8-;/m00./s1. The number of esters is 2. The molecule has 4 aromatic carbocycles. The summed E-state index contributed by atoms with van der Waals surface area (Å²) >= 11 is 3.36. The molecule has 4 aromatic rings. The van der Waals surface area contributed by atoms with E-state index in [1.165, 1.54) is 19.8 Å². The lowest BCUT2D eigenvalue weighted by molar-refractivity contribution is -0.152. The van der Waals surface area contributed by atoms with E-state index in [9.17, 15) is 19.5 Å². The Hall–Kier alpha value is -4.47. The Morgan fingerprint density at radius 2 is 1.07 bits per heavy atom. The summed E-state index contributed by atoms with van der Waals surface area (Å²) in [4.78, 5) is 34.4. The smallest absolute Gasteiger partial charge is 0.467 e. The molecule has 0 aromatic heterocycles. The van der Waals surface area contributed by atoms with Crippen LogP contribution in [0.15, 0.2) is 121 Å². The lowest BCUT2D eigenvalue weighted by atomic mass is 10.1. The van der Waals surface area contributed by atoms with Crippen LogP contribution >= 0.6 is 15.9 Å². The Kier molecular flexibility index (Phi) is 15.7. The normalized spacial score (nSPS) is 11.1. The molecule has 42 heavy (non-hydrogen) atoms. The van der Waals surface area contributed by atoms with Crippen LogP contribution in [0.25, 0.3) is 0 Å². The van der Waals surface area contributed by atoms with Crippen molar-refractivity contribution in [1.29, 1.82) is 0 Å². The third-order valence-corrected chi connectivity index (χ3v) is 6.12. The van der Waals surface area contributed by atoms with E-state index < -0.39 is 30.3 Å². The predicted molar refractivity (Wildman–Crippen MR) is 161 cm³/mol. The average Bonchev–Trinajstić information content (AvgIpc) is 3.07. The highest BCUT2D eigenvalue weighted by Crippen LogP contribution is 2.20. The lowest BCUT2D eigenvalue weighted by Gasteiger charge is -2.15. The van der Waals surface area contributed by atoms with Crippen molar-refractivity contribution >= 4 is 34.0 Å². The second-order valence-electron chi connectivity index (χ2n) is 8.41. The molecule has 0 fully saturated rings. The fraction of sp³-hybridized carbons (Fsp3) is 0.182. The molecular formula is C33H33BrO8. The van der Waals surface area contributed by atoms with Gasteiger partial charge in [-0.1, -0.05) is 137 Å². The minimum Gasteiger partial charge on any atom is -0.467 e. The van der Waals surface area contributed by atoms with Gasteiger partial charge in [0.25, 0.3) is 0 Å². The number of halogens is 1. The molecule has 220 valence electrons. The number of hydrogen-bond donors (Lipinski definition) is 1. The first-order chi connectivity index (χ1) is 20.4. The molecule has 0 spiro atoms. The van der Waals surface area contributed by atoms with Crippen LogP contribution in [0.5, 0.6) is 0 Å². The molecule has 0 amide bonds. The third kappa shape index (κ3) is 12.4. The predicted octanol–water partition coefficient (Wildman–Crippen LogP) is 6.73. The summed E-state index contributed by atoms with van der Waals surface area (Å²) in [6.07, 6.45) is -3.24. The average molecular weight is 638 g/mol. The van der Waals surface area contributed by atoms with E-state index in [0.717, 1.165) is 10.9 Å². The molecule has 4 rings (SSSR count). The van der Waals surface area contributed by atoms with Gasteiger partial charge in [0.05, 0.1) is 14.2 Å². The van der Waals surface area contributed by atoms with Crippen LogP contribution in [0.3, 0.4) is 0 Å². The number of ether oxygens (including phenoxy) is 4. The lowest BCUT2D eigenvalue weighted by Crippen LogP contribution is -2.21. The van der Waals surface area contributed by atoms with Crippen LogP contribution in [0, 0.1) is 0 Å². The van der Waals surface area contributed by atoms with Gasteiger partial charge in [-0.15, -0.1) is 0 Å². The van der Waals surface area contributed by atoms with Crippen molar-refractivity contribution in [2.75, 3.05) is 14.2 Å². The Labute approximate surface area is 253 Å². The maximum Gasteiger partial charge on any atom is 0.509 e. The minimum absolute atomic E-state index is 0.0718. The van der Waals surface area contributed by atoms with Crippen molar-refractivity contribution in [3.63, 3.8) is 0 Å². The molecule has 0 saturated carbocycles. The first kappa shape index (κ1) is 33.7. The monoisotopic (exact) mass is 636 g/mol. The first-order valence-electron chi connectivity index (χ1n) is 12.8. The quantitative estimate of drug-likeness (QED) is 0.129. The van der Waals surface area contributed by atoms with Crippen LogP contribution in [0.1, 0.15) is 34.5 Å². The largest absolute Gasteiger partial charge is 0.509 e. The molecule has 0 unspecified atom stereocenters. The Balaban J connectivity index is 0.000000256. The third-order valence-electron chi connectivity index (χ3n) is 5.47. The van der Waals surface area contributed by atoms with Gasteiger partial charge in [0.1, 0.15) is 6.61 Å². The van der Waals surface area contributed by atoms with Crippen molar-refractivity contribution in [3.8, 4) is 0 Å². The summed E-state index contributed by atoms with van der Waals surface area (Å²) in [6, 6.07) is 36.7. The zero-order chi connectivity index (χ0) is 30.6. The van der Waals surface area contributed by atoms with Gasteiger partial charge in [-0.3, -0.25) is 0 Å². The number of benzene rings is 4. The van der Waals surface area contributed by atoms with Crippen molar-refractivity contribution in [2.45, 2.75) is 24.1 Å². The van der Waals surface area contributed by atoms with Crippen LogP contribution < -0.4 is 0 Å². The number of hydrogen-bond acceptors (Lipinski definition) is 8. The zero-order valence-corrected chi connectivity index (χ0v) is 24.9. The van der Waals surface area contributed by atoms with E-state index in [1.807, 2.05) is 54.6 Å². The Bertz CT molecular complexity index is 1320. The van der Waals surface area contributed by atoms with Crippen LogP contribution in [0.4, 0.5) is 4.79 Å². The number of carbonyl (C=O) groups excluding carboxylic acids is 3. The van der Waals surface area contributed by atoms with E-state index in [0.29, 0.717) is 11.1 Å².